The van der Waals surface area contributed by atoms with E-state index in [4.69, 9.17) is 19.4 Å². The molecule has 2 aromatic rings. The molecular weight excluding hydrogens is 244 g/mol. The van der Waals surface area contributed by atoms with Gasteiger partial charge in [0.25, 0.3) is 5.22 Å². The van der Waals surface area contributed by atoms with Crippen LogP contribution in [-0.2, 0) is 23.6 Å². The molecule has 2 heterocycles. The summed E-state index contributed by atoms with van der Waals surface area (Å²) in [6.07, 6.45) is 0. The molecule has 0 aliphatic heterocycles. The number of methoxy groups -OCH3 is 1. The van der Waals surface area contributed by atoms with Crippen molar-refractivity contribution >= 4 is 11.8 Å². The second kappa shape index (κ2) is 5.80. The summed E-state index contributed by atoms with van der Waals surface area (Å²) in [7, 11) is 1.60. The number of thioether (sulfide) groups is 1. The van der Waals surface area contributed by atoms with Gasteiger partial charge in [-0.1, -0.05) is 16.9 Å². The number of hydrogen-bond donors (Lipinski definition) is 1. The Balaban J connectivity index is 1.88. The predicted octanol–water partition coefficient (Wildman–Crippen LogP) is 0.955. The largest absolute Gasteiger partial charge is 0.415 e. The van der Waals surface area contributed by atoms with E-state index in [0.717, 1.165) is 5.69 Å². The Morgan fingerprint density at radius 2 is 2.35 bits per heavy atom. The summed E-state index contributed by atoms with van der Waals surface area (Å²) < 4.78 is 15.2. The molecule has 0 saturated carbocycles. The van der Waals surface area contributed by atoms with E-state index in [1.165, 1.54) is 11.8 Å². The fourth-order valence-corrected chi connectivity index (χ4v) is 1.81. The number of rotatable bonds is 6. The zero-order valence-electron chi connectivity index (χ0n) is 9.25. The van der Waals surface area contributed by atoms with Gasteiger partial charge in [-0.05, 0) is 0 Å². The van der Waals surface area contributed by atoms with Crippen LogP contribution in [0.15, 0.2) is 20.2 Å². The van der Waals surface area contributed by atoms with Crippen LogP contribution < -0.4 is 5.73 Å². The Bertz CT molecular complexity index is 470. The van der Waals surface area contributed by atoms with Crippen LogP contribution in [0.25, 0.3) is 0 Å². The standard InChI is InChI=1S/C9H12N4O3S/c1-14-4-7-2-6(13-16-7)5-17-9-12-11-8(3-10)15-9/h2H,3-5,10H2,1H3. The van der Waals surface area contributed by atoms with E-state index in [1.807, 2.05) is 6.07 Å². The van der Waals surface area contributed by atoms with Gasteiger partial charge < -0.3 is 19.4 Å². The third-order valence-electron chi connectivity index (χ3n) is 1.86. The molecule has 2 rings (SSSR count). The molecule has 2 N–H and O–H groups in total. The van der Waals surface area contributed by atoms with Gasteiger partial charge in [-0.3, -0.25) is 0 Å². The van der Waals surface area contributed by atoms with Crippen molar-refractivity contribution in [2.24, 2.45) is 5.73 Å². The van der Waals surface area contributed by atoms with Gasteiger partial charge in [-0.25, -0.2) is 0 Å². The van der Waals surface area contributed by atoms with E-state index in [1.54, 1.807) is 7.11 Å². The van der Waals surface area contributed by atoms with E-state index < -0.39 is 0 Å². The van der Waals surface area contributed by atoms with Crippen LogP contribution in [0.1, 0.15) is 17.3 Å². The maximum Gasteiger partial charge on any atom is 0.277 e. The monoisotopic (exact) mass is 256 g/mol. The summed E-state index contributed by atoms with van der Waals surface area (Å²) in [5, 5.41) is 11.9. The highest BCUT2D eigenvalue weighted by Gasteiger charge is 2.08. The number of hydrogen-bond acceptors (Lipinski definition) is 8. The first-order valence-corrected chi connectivity index (χ1v) is 5.89. The predicted molar refractivity (Wildman–Crippen MR) is 59.0 cm³/mol. The molecule has 0 atom stereocenters. The molecule has 8 heteroatoms. The molecule has 0 amide bonds. The van der Waals surface area contributed by atoms with E-state index in [2.05, 4.69) is 15.4 Å². The third-order valence-corrected chi connectivity index (χ3v) is 2.71. The Morgan fingerprint density at radius 3 is 3.06 bits per heavy atom. The molecule has 7 nitrogen and oxygen atoms in total. The van der Waals surface area contributed by atoms with Gasteiger partial charge in [0.15, 0.2) is 5.76 Å². The van der Waals surface area contributed by atoms with Gasteiger partial charge >= 0.3 is 0 Å². The maximum absolute atomic E-state index is 5.36. The lowest BCUT2D eigenvalue weighted by Crippen LogP contribution is -1.95. The van der Waals surface area contributed by atoms with Gasteiger partial charge in [0.2, 0.25) is 5.89 Å². The van der Waals surface area contributed by atoms with Gasteiger partial charge in [-0.15, -0.1) is 10.2 Å². The Kier molecular flexibility index (Phi) is 4.13. The average molecular weight is 256 g/mol. The lowest BCUT2D eigenvalue weighted by Gasteiger charge is -1.90. The van der Waals surface area contributed by atoms with Crippen molar-refractivity contribution in [1.29, 1.82) is 0 Å². The zero-order chi connectivity index (χ0) is 12.1. The van der Waals surface area contributed by atoms with Crippen molar-refractivity contribution in [3.05, 3.63) is 23.4 Å². The third kappa shape index (κ3) is 3.29. The van der Waals surface area contributed by atoms with Gasteiger partial charge in [0.1, 0.15) is 6.61 Å². The van der Waals surface area contributed by atoms with Crippen molar-refractivity contribution in [2.75, 3.05) is 7.11 Å². The SMILES string of the molecule is COCc1cc(CSc2nnc(CN)o2)no1. The quantitative estimate of drug-likeness (QED) is 0.762. The summed E-state index contributed by atoms with van der Waals surface area (Å²) in [5.74, 6) is 1.71. The minimum absolute atomic E-state index is 0.246. The first-order chi connectivity index (χ1) is 8.31. The second-order valence-corrected chi connectivity index (χ2v) is 4.10. The van der Waals surface area contributed by atoms with Crippen LogP contribution in [0.3, 0.4) is 0 Å². The molecule has 0 radical (unpaired) electrons. The molecule has 0 spiro atoms. The lowest BCUT2D eigenvalue weighted by atomic mass is 10.4. The van der Waals surface area contributed by atoms with Crippen LogP contribution in [-0.4, -0.2) is 22.5 Å². The van der Waals surface area contributed by atoms with Crippen LogP contribution in [0, 0.1) is 0 Å². The Hall–Kier alpha value is -1.38. The normalized spacial score (nSPS) is 10.9. The van der Waals surface area contributed by atoms with Crippen LogP contribution >= 0.6 is 11.8 Å². The fraction of sp³-hybridized carbons (Fsp3) is 0.444. The maximum atomic E-state index is 5.36. The number of nitrogens with two attached hydrogens (primary N) is 1. The molecule has 0 bridgehead atoms. The minimum atomic E-state index is 0.246. The summed E-state index contributed by atoms with van der Waals surface area (Å²) in [6.45, 7) is 0.658. The van der Waals surface area contributed by atoms with Gasteiger partial charge in [-0.2, -0.15) is 0 Å². The molecular formula is C9H12N4O3S. The van der Waals surface area contributed by atoms with Crippen molar-refractivity contribution in [1.82, 2.24) is 15.4 Å². The molecule has 0 saturated heterocycles. The summed E-state index contributed by atoms with van der Waals surface area (Å²) in [4.78, 5) is 0. The second-order valence-electron chi connectivity index (χ2n) is 3.17. The molecule has 2 aromatic heterocycles. The lowest BCUT2D eigenvalue weighted by molar-refractivity contribution is 0.156. The van der Waals surface area contributed by atoms with E-state index in [0.29, 0.717) is 29.2 Å². The van der Waals surface area contributed by atoms with Crippen molar-refractivity contribution in [3.8, 4) is 0 Å². The average Bonchev–Trinajstić information content (AvgIpc) is 2.95. The van der Waals surface area contributed by atoms with Crippen LogP contribution in [0.2, 0.25) is 0 Å². The summed E-state index contributed by atoms with van der Waals surface area (Å²) in [5.41, 5.74) is 6.16. The molecule has 0 unspecified atom stereocenters. The molecule has 92 valence electrons. The first kappa shape index (κ1) is 12.1. The van der Waals surface area contributed by atoms with E-state index >= 15 is 0 Å². The molecule has 0 fully saturated rings. The van der Waals surface area contributed by atoms with Gasteiger partial charge in [0, 0.05) is 18.9 Å². The van der Waals surface area contributed by atoms with Crippen LogP contribution in [0.4, 0.5) is 0 Å². The highest BCUT2D eigenvalue weighted by Crippen LogP contribution is 2.21. The molecule has 0 aliphatic carbocycles. The van der Waals surface area contributed by atoms with E-state index in [-0.39, 0.29) is 6.54 Å². The Morgan fingerprint density at radius 1 is 1.47 bits per heavy atom. The molecule has 0 aromatic carbocycles. The highest BCUT2D eigenvalue weighted by atomic mass is 32.2. The van der Waals surface area contributed by atoms with Gasteiger partial charge in [0.05, 0.1) is 12.2 Å². The fourth-order valence-electron chi connectivity index (χ4n) is 1.15. The zero-order valence-corrected chi connectivity index (χ0v) is 10.1. The highest BCUT2D eigenvalue weighted by molar-refractivity contribution is 7.98. The first-order valence-electron chi connectivity index (χ1n) is 4.90. The summed E-state index contributed by atoms with van der Waals surface area (Å²) >= 11 is 1.38. The minimum Gasteiger partial charge on any atom is -0.415 e. The van der Waals surface area contributed by atoms with E-state index in [9.17, 15) is 0 Å². The van der Waals surface area contributed by atoms with Crippen LogP contribution in [0.5, 0.6) is 0 Å². The topological polar surface area (TPSA) is 100 Å². The van der Waals surface area contributed by atoms with Crippen molar-refractivity contribution in [2.45, 2.75) is 24.1 Å². The summed E-state index contributed by atoms with van der Waals surface area (Å²) in [6, 6.07) is 1.83. The number of aromatic nitrogens is 3. The molecule has 17 heavy (non-hydrogen) atoms. The van der Waals surface area contributed by atoms with Crippen molar-refractivity contribution < 1.29 is 13.7 Å². The van der Waals surface area contributed by atoms with Crippen molar-refractivity contribution in [3.63, 3.8) is 0 Å². The number of ether oxygens (including phenoxy) is 1. The Labute approximate surface area is 102 Å². The number of nitrogens with zero attached hydrogens (tertiary/aromatic N) is 3. The smallest absolute Gasteiger partial charge is 0.277 e. The molecule has 0 aliphatic rings.